The molecule has 0 aromatic carbocycles. The van der Waals surface area contributed by atoms with E-state index in [4.69, 9.17) is 9.25 Å². The van der Waals surface area contributed by atoms with E-state index in [0.29, 0.717) is 35.4 Å². The number of nitrogens with zero attached hydrogens (tertiary/aromatic N) is 4. The second kappa shape index (κ2) is 5.07. The van der Waals surface area contributed by atoms with E-state index < -0.39 is 0 Å². The largest absolute Gasteiger partial charge is 0.422 e. The minimum Gasteiger partial charge on any atom is -0.422 e. The summed E-state index contributed by atoms with van der Waals surface area (Å²) in [5, 5.41) is 7.34. The van der Waals surface area contributed by atoms with E-state index in [0.717, 1.165) is 12.1 Å². The molecule has 0 saturated heterocycles. The molecule has 0 aliphatic carbocycles. The van der Waals surface area contributed by atoms with Crippen molar-refractivity contribution in [3.05, 3.63) is 12.2 Å². The van der Waals surface area contributed by atoms with Crippen molar-refractivity contribution in [2.24, 2.45) is 11.1 Å². The Labute approximate surface area is 116 Å². The number of hydrogen-bond acceptors (Lipinski definition) is 7. The summed E-state index contributed by atoms with van der Waals surface area (Å²) in [6, 6.07) is 0. The Kier molecular flexibility index (Phi) is 3.25. The van der Waals surface area contributed by atoms with Crippen LogP contribution in [0.25, 0.3) is 11.2 Å². The number of aromatic nitrogens is 3. The molecule has 3 rings (SSSR count). The van der Waals surface area contributed by atoms with E-state index in [1.54, 1.807) is 6.92 Å². The van der Waals surface area contributed by atoms with Crippen LogP contribution in [0.3, 0.4) is 0 Å². The van der Waals surface area contributed by atoms with Crippen LogP contribution in [0.4, 0.5) is 5.82 Å². The van der Waals surface area contributed by atoms with Crippen molar-refractivity contribution >= 4 is 22.8 Å². The van der Waals surface area contributed by atoms with Crippen LogP contribution >= 0.6 is 0 Å². The van der Waals surface area contributed by atoms with E-state index in [2.05, 4.69) is 39.3 Å². The number of fused-ring (bicyclic) bond motifs is 1. The maximum atomic E-state index is 5.40. The average Bonchev–Trinajstić information content (AvgIpc) is 3.01. The van der Waals surface area contributed by atoms with Crippen LogP contribution in [0, 0.1) is 12.8 Å². The van der Waals surface area contributed by atoms with E-state index >= 15 is 0 Å². The molecular weight excluding hydrogens is 258 g/mol. The second-order valence-electron chi connectivity index (χ2n) is 5.16. The van der Waals surface area contributed by atoms with E-state index in [-0.39, 0.29) is 6.10 Å². The van der Waals surface area contributed by atoms with Crippen molar-refractivity contribution in [1.29, 1.82) is 0 Å². The third-order valence-electron chi connectivity index (χ3n) is 3.22. The first-order valence-electron chi connectivity index (χ1n) is 6.68. The van der Waals surface area contributed by atoms with Gasteiger partial charge in [-0.05, 0) is 5.92 Å². The van der Waals surface area contributed by atoms with Crippen molar-refractivity contribution in [1.82, 2.24) is 15.0 Å². The van der Waals surface area contributed by atoms with Crippen molar-refractivity contribution in [3.63, 3.8) is 0 Å². The maximum Gasteiger partial charge on any atom is 0.252 e. The Balaban J connectivity index is 1.66. The monoisotopic (exact) mass is 275 g/mol. The van der Waals surface area contributed by atoms with Crippen LogP contribution in [0.5, 0.6) is 0 Å². The maximum absolute atomic E-state index is 5.40. The molecule has 7 nitrogen and oxygen atoms in total. The highest BCUT2D eigenvalue weighted by Gasteiger charge is 2.23. The number of hydrogen-bond donors (Lipinski definition) is 1. The highest BCUT2D eigenvalue weighted by molar-refractivity contribution is 5.87. The Morgan fingerprint density at radius 1 is 1.40 bits per heavy atom. The SMILES string of the molecule is Cc1nc2c(NC[C@@H]3CC(C(C)C)=NO3)ncnc2o1. The molecule has 3 heterocycles. The first-order valence-corrected chi connectivity index (χ1v) is 6.68. The molecule has 20 heavy (non-hydrogen) atoms. The van der Waals surface area contributed by atoms with Crippen LogP contribution in [0.1, 0.15) is 26.2 Å². The Morgan fingerprint density at radius 2 is 2.25 bits per heavy atom. The number of oxazole rings is 1. The predicted octanol–water partition coefficient (Wildman–Crippen LogP) is 2.14. The van der Waals surface area contributed by atoms with Gasteiger partial charge in [-0.2, -0.15) is 4.98 Å². The van der Waals surface area contributed by atoms with E-state index in [1.165, 1.54) is 6.33 Å². The summed E-state index contributed by atoms with van der Waals surface area (Å²) in [6.45, 7) is 6.64. The van der Waals surface area contributed by atoms with Crippen LogP contribution in [0.2, 0.25) is 0 Å². The number of anilines is 1. The van der Waals surface area contributed by atoms with Gasteiger partial charge in [0.25, 0.3) is 5.71 Å². The molecule has 1 N–H and O–H groups in total. The third-order valence-corrected chi connectivity index (χ3v) is 3.22. The normalized spacial score (nSPS) is 18.4. The number of aryl methyl sites for hydroxylation is 1. The van der Waals surface area contributed by atoms with Gasteiger partial charge < -0.3 is 14.6 Å². The summed E-state index contributed by atoms with van der Waals surface area (Å²) in [6.07, 6.45) is 2.34. The Hall–Kier alpha value is -2.18. The summed E-state index contributed by atoms with van der Waals surface area (Å²) in [4.78, 5) is 17.9. The highest BCUT2D eigenvalue weighted by Crippen LogP contribution is 2.20. The van der Waals surface area contributed by atoms with Gasteiger partial charge in [-0.1, -0.05) is 19.0 Å². The van der Waals surface area contributed by atoms with Gasteiger partial charge in [0.1, 0.15) is 12.4 Å². The number of nitrogens with one attached hydrogen (secondary N) is 1. The molecule has 0 fully saturated rings. The molecule has 2 aromatic rings. The molecule has 0 radical (unpaired) electrons. The van der Waals surface area contributed by atoms with Crippen molar-refractivity contribution < 1.29 is 9.25 Å². The molecule has 0 unspecified atom stereocenters. The minimum absolute atomic E-state index is 0.0328. The number of rotatable bonds is 4. The third kappa shape index (κ3) is 2.43. The molecule has 1 aliphatic rings. The summed E-state index contributed by atoms with van der Waals surface area (Å²) >= 11 is 0. The molecule has 1 aliphatic heterocycles. The van der Waals surface area contributed by atoms with Gasteiger partial charge in [0.05, 0.1) is 12.3 Å². The molecule has 106 valence electrons. The predicted molar refractivity (Wildman–Crippen MR) is 74.6 cm³/mol. The zero-order valence-electron chi connectivity index (χ0n) is 11.8. The summed E-state index contributed by atoms with van der Waals surface area (Å²) in [5.74, 6) is 1.66. The summed E-state index contributed by atoms with van der Waals surface area (Å²) in [5.41, 5.74) is 2.24. The van der Waals surface area contributed by atoms with Gasteiger partial charge >= 0.3 is 0 Å². The molecular formula is C13H17N5O2. The van der Waals surface area contributed by atoms with E-state index in [1.807, 2.05) is 0 Å². The van der Waals surface area contributed by atoms with Gasteiger partial charge in [0.15, 0.2) is 17.2 Å². The van der Waals surface area contributed by atoms with Gasteiger partial charge in [-0.25, -0.2) is 9.97 Å². The second-order valence-corrected chi connectivity index (χ2v) is 5.16. The summed E-state index contributed by atoms with van der Waals surface area (Å²) in [7, 11) is 0. The van der Waals surface area contributed by atoms with Gasteiger partial charge in [0.2, 0.25) is 0 Å². The molecule has 7 heteroatoms. The highest BCUT2D eigenvalue weighted by atomic mass is 16.6. The van der Waals surface area contributed by atoms with Crippen molar-refractivity contribution in [3.8, 4) is 0 Å². The average molecular weight is 275 g/mol. The molecule has 1 atom stereocenters. The zero-order valence-corrected chi connectivity index (χ0v) is 11.8. The van der Waals surface area contributed by atoms with Crippen LogP contribution in [0.15, 0.2) is 15.9 Å². The van der Waals surface area contributed by atoms with Crippen LogP contribution in [-0.2, 0) is 4.84 Å². The summed E-state index contributed by atoms with van der Waals surface area (Å²) < 4.78 is 5.37. The smallest absolute Gasteiger partial charge is 0.252 e. The standard InChI is InChI=1S/C13H17N5O2/c1-7(2)10-4-9(20-18-10)5-14-12-11-13(16-6-15-12)19-8(3)17-11/h6-7,9H,4-5H2,1-3H3,(H,14,15,16)/t9-/m0/s1. The van der Waals surface area contributed by atoms with E-state index in [9.17, 15) is 0 Å². The lowest BCUT2D eigenvalue weighted by atomic mass is 10.0. The first kappa shape index (κ1) is 12.8. The molecule has 0 bridgehead atoms. The first-order chi connectivity index (χ1) is 9.63. The van der Waals surface area contributed by atoms with Crippen LogP contribution < -0.4 is 5.32 Å². The molecule has 0 spiro atoms. The molecule has 0 amide bonds. The lowest BCUT2D eigenvalue weighted by Gasteiger charge is -2.10. The number of oxime groups is 1. The minimum atomic E-state index is 0.0328. The Bertz CT molecular complexity index is 649. The quantitative estimate of drug-likeness (QED) is 0.920. The molecule has 0 saturated carbocycles. The fourth-order valence-electron chi connectivity index (χ4n) is 2.10. The zero-order chi connectivity index (χ0) is 14.1. The van der Waals surface area contributed by atoms with Crippen molar-refractivity contribution in [2.75, 3.05) is 11.9 Å². The van der Waals surface area contributed by atoms with Crippen molar-refractivity contribution in [2.45, 2.75) is 33.3 Å². The van der Waals surface area contributed by atoms with Gasteiger partial charge in [-0.15, -0.1) is 0 Å². The van der Waals surface area contributed by atoms with Gasteiger partial charge in [0, 0.05) is 13.3 Å². The van der Waals surface area contributed by atoms with Gasteiger partial charge in [-0.3, -0.25) is 0 Å². The lowest BCUT2D eigenvalue weighted by molar-refractivity contribution is 0.0948. The Morgan fingerprint density at radius 3 is 3.00 bits per heavy atom. The fraction of sp³-hybridized carbons (Fsp3) is 0.538. The van der Waals surface area contributed by atoms with Crippen LogP contribution in [-0.4, -0.2) is 33.3 Å². The lowest BCUT2D eigenvalue weighted by Crippen LogP contribution is -2.21. The molecule has 2 aromatic heterocycles. The fourth-order valence-corrected chi connectivity index (χ4v) is 2.10. The topological polar surface area (TPSA) is 85.4 Å².